The first kappa shape index (κ1) is 19.8. The monoisotopic (exact) mass is 356 g/mol. The highest BCUT2D eigenvalue weighted by molar-refractivity contribution is 8.17. The van der Waals surface area contributed by atoms with E-state index in [4.69, 9.17) is 0 Å². The third-order valence-electron chi connectivity index (χ3n) is 4.85. The quantitative estimate of drug-likeness (QED) is 0.457. The van der Waals surface area contributed by atoms with Crippen LogP contribution in [0.4, 0.5) is 0 Å². The minimum atomic E-state index is 0.632. The molecule has 0 amide bonds. The largest absolute Gasteiger partial charge is 0.354 e. The second kappa shape index (κ2) is 10.5. The van der Waals surface area contributed by atoms with Gasteiger partial charge in [0.1, 0.15) is 0 Å². The Kier molecular flexibility index (Phi) is 8.33. The van der Waals surface area contributed by atoms with E-state index >= 15 is 0 Å². The van der Waals surface area contributed by atoms with Crippen LogP contribution in [0.3, 0.4) is 0 Å². The zero-order valence-electron chi connectivity index (χ0n) is 16.0. The Morgan fingerprint density at radius 1 is 1.20 bits per heavy atom. The average molecular weight is 357 g/mol. The summed E-state index contributed by atoms with van der Waals surface area (Å²) < 4.78 is 0. The molecule has 0 saturated heterocycles. The van der Waals surface area contributed by atoms with Crippen LogP contribution in [0.2, 0.25) is 0 Å². The average Bonchev–Trinajstić information content (AvgIpc) is 2.65. The Morgan fingerprint density at radius 3 is 2.48 bits per heavy atom. The summed E-state index contributed by atoms with van der Waals surface area (Å²) in [6, 6.07) is 10.5. The maximum atomic E-state index is 4.64. The number of rotatable bonds is 7. The zero-order valence-corrected chi connectivity index (χ0v) is 16.8. The van der Waals surface area contributed by atoms with Gasteiger partial charge in [-0.05, 0) is 37.3 Å². The van der Waals surface area contributed by atoms with Crippen molar-refractivity contribution >= 4 is 16.8 Å². The number of allylic oxidation sites excluding steroid dienone is 2. The molecule has 3 heteroatoms. The number of thioether (sulfide) groups is 1. The molecule has 0 spiro atoms. The SMILES string of the molecule is C=C(Cc1ccccc1)N/C(SC(=NC)C1CCCCC1)=C(\C)CC. The first-order chi connectivity index (χ1) is 12.1. The van der Waals surface area contributed by atoms with Gasteiger partial charge in [-0.15, -0.1) is 0 Å². The van der Waals surface area contributed by atoms with Crippen molar-refractivity contribution in [2.75, 3.05) is 7.05 Å². The van der Waals surface area contributed by atoms with Crippen LogP contribution in [0.25, 0.3) is 0 Å². The van der Waals surface area contributed by atoms with Gasteiger partial charge in [0.15, 0.2) is 0 Å². The van der Waals surface area contributed by atoms with Gasteiger partial charge in [0, 0.05) is 25.1 Å². The number of hydrogen-bond donors (Lipinski definition) is 1. The second-order valence-corrected chi connectivity index (χ2v) is 7.88. The summed E-state index contributed by atoms with van der Waals surface area (Å²) in [6.45, 7) is 8.67. The Morgan fingerprint density at radius 2 is 1.88 bits per heavy atom. The number of nitrogens with zero attached hydrogens (tertiary/aromatic N) is 1. The van der Waals surface area contributed by atoms with Crippen molar-refractivity contribution in [1.29, 1.82) is 0 Å². The highest BCUT2D eigenvalue weighted by Crippen LogP contribution is 2.33. The molecule has 0 atom stereocenters. The predicted octanol–water partition coefficient (Wildman–Crippen LogP) is 6.32. The number of hydrogen-bond acceptors (Lipinski definition) is 3. The normalized spacial score (nSPS) is 17.2. The molecule has 0 aliphatic heterocycles. The lowest BCUT2D eigenvalue weighted by molar-refractivity contribution is 0.443. The first-order valence-electron chi connectivity index (χ1n) is 9.47. The van der Waals surface area contributed by atoms with E-state index in [1.807, 2.05) is 18.8 Å². The maximum absolute atomic E-state index is 4.64. The smallest absolute Gasteiger partial charge is 0.0772 e. The van der Waals surface area contributed by atoms with E-state index in [-0.39, 0.29) is 0 Å². The van der Waals surface area contributed by atoms with Crippen molar-refractivity contribution < 1.29 is 0 Å². The van der Waals surface area contributed by atoms with Crippen LogP contribution >= 0.6 is 11.8 Å². The summed E-state index contributed by atoms with van der Waals surface area (Å²) in [5, 5.41) is 6.08. The lowest BCUT2D eigenvalue weighted by Crippen LogP contribution is -2.19. The molecule has 0 bridgehead atoms. The third-order valence-corrected chi connectivity index (χ3v) is 6.23. The van der Waals surface area contributed by atoms with E-state index < -0.39 is 0 Å². The van der Waals surface area contributed by atoms with Gasteiger partial charge in [0.2, 0.25) is 0 Å². The molecule has 0 heterocycles. The van der Waals surface area contributed by atoms with Gasteiger partial charge in [0.25, 0.3) is 0 Å². The van der Waals surface area contributed by atoms with Crippen molar-refractivity contribution in [3.63, 3.8) is 0 Å². The van der Waals surface area contributed by atoms with Crippen molar-refractivity contribution in [1.82, 2.24) is 5.32 Å². The van der Waals surface area contributed by atoms with Gasteiger partial charge >= 0.3 is 0 Å². The highest BCUT2D eigenvalue weighted by Gasteiger charge is 2.21. The summed E-state index contributed by atoms with van der Waals surface area (Å²) in [4.78, 5) is 4.64. The molecule has 0 unspecified atom stereocenters. The van der Waals surface area contributed by atoms with E-state index in [1.165, 1.54) is 53.3 Å². The van der Waals surface area contributed by atoms with Gasteiger partial charge in [-0.25, -0.2) is 0 Å². The van der Waals surface area contributed by atoms with Crippen LogP contribution in [-0.2, 0) is 6.42 Å². The lowest BCUT2D eigenvalue weighted by atomic mass is 9.90. The molecule has 2 rings (SSSR count). The van der Waals surface area contributed by atoms with E-state index in [2.05, 4.69) is 61.1 Å². The molecule has 1 aliphatic carbocycles. The Hall–Kier alpha value is -1.48. The predicted molar refractivity (Wildman–Crippen MR) is 113 cm³/mol. The molecule has 1 fully saturated rings. The van der Waals surface area contributed by atoms with Crippen molar-refractivity contribution in [2.45, 2.75) is 58.8 Å². The van der Waals surface area contributed by atoms with Crippen LogP contribution in [0.15, 0.2) is 58.2 Å². The molecule has 1 aromatic carbocycles. The van der Waals surface area contributed by atoms with Gasteiger partial charge in [-0.1, -0.05) is 74.9 Å². The van der Waals surface area contributed by atoms with Crippen molar-refractivity contribution in [3.05, 3.63) is 58.8 Å². The molecule has 25 heavy (non-hydrogen) atoms. The fraction of sp³-hybridized carbons (Fsp3) is 0.500. The molecule has 2 nitrogen and oxygen atoms in total. The van der Waals surface area contributed by atoms with Gasteiger partial charge in [-0.2, -0.15) is 0 Å². The van der Waals surface area contributed by atoms with Crippen LogP contribution in [0.5, 0.6) is 0 Å². The van der Waals surface area contributed by atoms with Gasteiger partial charge in [0.05, 0.1) is 10.1 Å². The molecule has 0 aromatic heterocycles. The number of benzene rings is 1. The third kappa shape index (κ3) is 6.39. The highest BCUT2D eigenvalue weighted by atomic mass is 32.2. The minimum Gasteiger partial charge on any atom is -0.354 e. The Labute approximate surface area is 157 Å². The maximum Gasteiger partial charge on any atom is 0.0772 e. The van der Waals surface area contributed by atoms with Crippen LogP contribution in [-0.4, -0.2) is 12.1 Å². The molecule has 1 N–H and O–H groups in total. The van der Waals surface area contributed by atoms with Crippen LogP contribution in [0.1, 0.15) is 57.9 Å². The van der Waals surface area contributed by atoms with E-state index in [0.717, 1.165) is 18.5 Å². The van der Waals surface area contributed by atoms with E-state index in [9.17, 15) is 0 Å². The standard InChI is InChI=1S/C22H32N2S/c1-5-17(2)21(24-18(3)16-19-12-8-6-9-13-19)25-22(23-4)20-14-10-7-11-15-20/h6,8-9,12-13,20,24H,3,5,7,10-11,14-16H2,1-2,4H3/b21-17-,23-22?. The number of aliphatic imine (C=N–C) groups is 1. The van der Waals surface area contributed by atoms with Crippen molar-refractivity contribution in [2.24, 2.45) is 10.9 Å². The lowest BCUT2D eigenvalue weighted by Gasteiger charge is -2.24. The molecule has 1 saturated carbocycles. The minimum absolute atomic E-state index is 0.632. The molecular weight excluding hydrogens is 324 g/mol. The first-order valence-corrected chi connectivity index (χ1v) is 10.3. The molecule has 1 aliphatic rings. The molecular formula is C22H32N2S. The van der Waals surface area contributed by atoms with E-state index in [0.29, 0.717) is 5.92 Å². The van der Waals surface area contributed by atoms with Gasteiger partial charge in [-0.3, -0.25) is 4.99 Å². The second-order valence-electron chi connectivity index (χ2n) is 6.85. The van der Waals surface area contributed by atoms with E-state index in [1.54, 1.807) is 0 Å². The molecule has 0 radical (unpaired) electrons. The van der Waals surface area contributed by atoms with Crippen LogP contribution < -0.4 is 5.32 Å². The fourth-order valence-corrected chi connectivity index (χ4v) is 4.41. The van der Waals surface area contributed by atoms with Crippen molar-refractivity contribution in [3.8, 4) is 0 Å². The fourth-order valence-electron chi connectivity index (χ4n) is 3.19. The summed E-state index contributed by atoms with van der Waals surface area (Å²) in [6.07, 6.45) is 8.50. The zero-order chi connectivity index (χ0) is 18.1. The summed E-state index contributed by atoms with van der Waals surface area (Å²) in [7, 11) is 1.94. The molecule has 1 aromatic rings. The Balaban J connectivity index is 2.04. The summed E-state index contributed by atoms with van der Waals surface area (Å²) in [5.74, 6) is 0.632. The summed E-state index contributed by atoms with van der Waals surface area (Å²) >= 11 is 1.83. The topological polar surface area (TPSA) is 24.4 Å². The number of nitrogens with one attached hydrogen (secondary N) is 1. The molecule has 136 valence electrons. The van der Waals surface area contributed by atoms with Crippen LogP contribution in [0, 0.1) is 5.92 Å². The summed E-state index contributed by atoms with van der Waals surface area (Å²) in [5.41, 5.74) is 3.70. The van der Waals surface area contributed by atoms with Gasteiger partial charge < -0.3 is 5.32 Å². The Bertz CT molecular complexity index is 610.